The van der Waals surface area contributed by atoms with Crippen LogP contribution in [0.15, 0.2) is 66.6 Å². The van der Waals surface area contributed by atoms with Crippen LogP contribution in [0.25, 0.3) is 21.2 Å². The third-order valence-electron chi connectivity index (χ3n) is 3.14. The van der Waals surface area contributed by atoms with Gasteiger partial charge in [0.1, 0.15) is 0 Å². The molecule has 2 aromatic carbocycles. The van der Waals surface area contributed by atoms with E-state index < -0.39 is 0 Å². The highest BCUT2D eigenvalue weighted by molar-refractivity contribution is 7.17. The van der Waals surface area contributed by atoms with Crippen molar-refractivity contribution in [2.75, 3.05) is 11.9 Å². The van der Waals surface area contributed by atoms with E-state index in [1.165, 1.54) is 21.2 Å². The molecule has 0 saturated carbocycles. The van der Waals surface area contributed by atoms with Gasteiger partial charge in [-0.15, -0.1) is 17.9 Å². The summed E-state index contributed by atoms with van der Waals surface area (Å²) in [7, 11) is 0. The molecule has 0 saturated heterocycles. The third-order valence-corrected chi connectivity index (χ3v) is 4.10. The SMILES string of the molecule is C=CCNc1ccccc1-c1csc2ccccc12. The van der Waals surface area contributed by atoms with Crippen molar-refractivity contribution in [3.8, 4) is 11.1 Å². The Morgan fingerprint density at radius 3 is 2.68 bits per heavy atom. The van der Waals surface area contributed by atoms with Crippen LogP contribution in [0.2, 0.25) is 0 Å². The van der Waals surface area contributed by atoms with Crippen LogP contribution >= 0.6 is 11.3 Å². The topological polar surface area (TPSA) is 12.0 Å². The van der Waals surface area contributed by atoms with Gasteiger partial charge in [0.15, 0.2) is 0 Å². The number of rotatable bonds is 4. The molecular formula is C17H15NS. The summed E-state index contributed by atoms with van der Waals surface area (Å²) in [6.07, 6.45) is 1.88. The van der Waals surface area contributed by atoms with E-state index in [1.54, 1.807) is 11.3 Å². The molecule has 0 aliphatic rings. The maximum absolute atomic E-state index is 3.76. The summed E-state index contributed by atoms with van der Waals surface area (Å²) in [4.78, 5) is 0. The standard InChI is InChI=1S/C17H15NS/c1-2-11-18-16-9-5-3-7-13(16)15-12-19-17-10-6-4-8-14(15)17/h2-10,12,18H,1,11H2. The van der Waals surface area contributed by atoms with Gasteiger partial charge >= 0.3 is 0 Å². The summed E-state index contributed by atoms with van der Waals surface area (Å²) in [6, 6.07) is 17.0. The second kappa shape index (κ2) is 5.29. The molecule has 0 fully saturated rings. The zero-order valence-electron chi connectivity index (χ0n) is 10.6. The molecule has 3 aromatic rings. The first-order valence-corrected chi connectivity index (χ1v) is 7.18. The lowest BCUT2D eigenvalue weighted by Gasteiger charge is -2.10. The summed E-state index contributed by atoms with van der Waals surface area (Å²) in [5, 5.41) is 6.96. The lowest BCUT2D eigenvalue weighted by atomic mass is 10.0. The molecule has 1 aromatic heterocycles. The summed E-state index contributed by atoms with van der Waals surface area (Å²) < 4.78 is 1.33. The first-order valence-electron chi connectivity index (χ1n) is 6.30. The molecule has 1 heterocycles. The molecule has 0 aliphatic heterocycles. The average molecular weight is 265 g/mol. The van der Waals surface area contributed by atoms with E-state index in [2.05, 4.69) is 65.8 Å². The third kappa shape index (κ3) is 2.27. The van der Waals surface area contributed by atoms with Crippen molar-refractivity contribution in [3.05, 3.63) is 66.6 Å². The zero-order chi connectivity index (χ0) is 13.1. The fourth-order valence-electron chi connectivity index (χ4n) is 2.24. The highest BCUT2D eigenvalue weighted by Gasteiger charge is 2.09. The van der Waals surface area contributed by atoms with Gasteiger partial charge in [-0.25, -0.2) is 0 Å². The Kier molecular flexibility index (Phi) is 3.34. The molecule has 0 spiro atoms. The quantitative estimate of drug-likeness (QED) is 0.642. The van der Waals surface area contributed by atoms with E-state index in [-0.39, 0.29) is 0 Å². The monoisotopic (exact) mass is 265 g/mol. The zero-order valence-corrected chi connectivity index (χ0v) is 11.4. The van der Waals surface area contributed by atoms with Crippen LogP contribution in [0, 0.1) is 0 Å². The normalized spacial score (nSPS) is 10.5. The van der Waals surface area contributed by atoms with Gasteiger partial charge in [-0.3, -0.25) is 0 Å². The molecule has 1 nitrogen and oxygen atoms in total. The van der Waals surface area contributed by atoms with Crippen molar-refractivity contribution in [2.24, 2.45) is 0 Å². The fourth-order valence-corrected chi connectivity index (χ4v) is 3.20. The number of fused-ring (bicyclic) bond motifs is 1. The van der Waals surface area contributed by atoms with Gasteiger partial charge in [0.05, 0.1) is 0 Å². The Morgan fingerprint density at radius 1 is 1.00 bits per heavy atom. The van der Waals surface area contributed by atoms with E-state index in [1.807, 2.05) is 6.08 Å². The van der Waals surface area contributed by atoms with Gasteiger partial charge in [-0.05, 0) is 17.5 Å². The highest BCUT2D eigenvalue weighted by atomic mass is 32.1. The lowest BCUT2D eigenvalue weighted by Crippen LogP contribution is -1.99. The van der Waals surface area contributed by atoms with Gasteiger partial charge < -0.3 is 5.32 Å². The number of anilines is 1. The van der Waals surface area contributed by atoms with Crippen molar-refractivity contribution in [2.45, 2.75) is 0 Å². The van der Waals surface area contributed by atoms with Crippen molar-refractivity contribution in [1.82, 2.24) is 0 Å². The Hall–Kier alpha value is -2.06. The van der Waals surface area contributed by atoms with Gasteiger partial charge in [0.25, 0.3) is 0 Å². The van der Waals surface area contributed by atoms with E-state index in [0.29, 0.717) is 0 Å². The van der Waals surface area contributed by atoms with Crippen molar-refractivity contribution < 1.29 is 0 Å². The number of hydrogen-bond acceptors (Lipinski definition) is 2. The first-order chi connectivity index (χ1) is 9.40. The van der Waals surface area contributed by atoms with Gasteiger partial charge in [0, 0.05) is 33.4 Å². The lowest BCUT2D eigenvalue weighted by molar-refractivity contribution is 1.34. The Morgan fingerprint density at radius 2 is 1.79 bits per heavy atom. The molecule has 19 heavy (non-hydrogen) atoms. The number of nitrogens with one attached hydrogen (secondary N) is 1. The predicted octanol–water partition coefficient (Wildman–Crippen LogP) is 5.17. The van der Waals surface area contributed by atoms with Crippen molar-refractivity contribution >= 4 is 27.1 Å². The first kappa shape index (κ1) is 12.0. The molecule has 0 bridgehead atoms. The van der Waals surface area contributed by atoms with Crippen LogP contribution in [0.3, 0.4) is 0 Å². The minimum Gasteiger partial charge on any atom is -0.381 e. The number of thiophene rings is 1. The molecule has 2 heteroatoms. The van der Waals surface area contributed by atoms with Crippen molar-refractivity contribution in [1.29, 1.82) is 0 Å². The van der Waals surface area contributed by atoms with Crippen LogP contribution in [0.1, 0.15) is 0 Å². The number of hydrogen-bond donors (Lipinski definition) is 1. The summed E-state index contributed by atoms with van der Waals surface area (Å²) in [5.74, 6) is 0. The second-order valence-corrected chi connectivity index (χ2v) is 5.27. The van der Waals surface area contributed by atoms with Gasteiger partial charge in [-0.1, -0.05) is 42.5 Å². The number of benzene rings is 2. The maximum atomic E-state index is 3.76. The Bertz CT molecular complexity index is 712. The molecule has 0 amide bonds. The van der Waals surface area contributed by atoms with E-state index in [9.17, 15) is 0 Å². The molecule has 1 N–H and O–H groups in total. The maximum Gasteiger partial charge on any atom is 0.0422 e. The van der Waals surface area contributed by atoms with E-state index in [4.69, 9.17) is 0 Å². The van der Waals surface area contributed by atoms with Gasteiger partial charge in [0.2, 0.25) is 0 Å². The molecule has 0 atom stereocenters. The van der Waals surface area contributed by atoms with Crippen LogP contribution in [0.5, 0.6) is 0 Å². The van der Waals surface area contributed by atoms with Crippen LogP contribution in [-0.4, -0.2) is 6.54 Å². The molecule has 94 valence electrons. The highest BCUT2D eigenvalue weighted by Crippen LogP contribution is 2.37. The smallest absolute Gasteiger partial charge is 0.0422 e. The summed E-state index contributed by atoms with van der Waals surface area (Å²) in [5.41, 5.74) is 3.71. The van der Waals surface area contributed by atoms with Crippen LogP contribution in [0.4, 0.5) is 5.69 Å². The van der Waals surface area contributed by atoms with E-state index in [0.717, 1.165) is 12.2 Å². The number of para-hydroxylation sites is 1. The largest absolute Gasteiger partial charge is 0.381 e. The van der Waals surface area contributed by atoms with Crippen LogP contribution in [-0.2, 0) is 0 Å². The van der Waals surface area contributed by atoms with Crippen molar-refractivity contribution in [3.63, 3.8) is 0 Å². The fraction of sp³-hybridized carbons (Fsp3) is 0.0588. The molecule has 0 radical (unpaired) electrons. The summed E-state index contributed by atoms with van der Waals surface area (Å²) in [6.45, 7) is 4.53. The second-order valence-electron chi connectivity index (χ2n) is 4.36. The summed E-state index contributed by atoms with van der Waals surface area (Å²) >= 11 is 1.79. The average Bonchev–Trinajstić information content (AvgIpc) is 2.89. The van der Waals surface area contributed by atoms with E-state index >= 15 is 0 Å². The molecule has 0 aliphatic carbocycles. The van der Waals surface area contributed by atoms with Crippen LogP contribution < -0.4 is 5.32 Å². The Balaban J connectivity index is 2.13. The minimum atomic E-state index is 0.777. The molecular weight excluding hydrogens is 250 g/mol. The Labute approximate surface area is 117 Å². The molecule has 3 rings (SSSR count). The minimum absolute atomic E-state index is 0.777. The molecule has 0 unspecified atom stereocenters. The van der Waals surface area contributed by atoms with Gasteiger partial charge in [-0.2, -0.15) is 0 Å². The predicted molar refractivity (Wildman–Crippen MR) is 85.9 cm³/mol.